The van der Waals surface area contributed by atoms with Gasteiger partial charge in [0.1, 0.15) is 5.75 Å². The molecule has 6 heteroatoms. The van der Waals surface area contributed by atoms with Crippen molar-refractivity contribution in [3.8, 4) is 17.1 Å². The van der Waals surface area contributed by atoms with Crippen LogP contribution in [0.25, 0.3) is 11.4 Å². The molecular weight excluding hydrogens is 296 g/mol. The minimum Gasteiger partial charge on any atom is -0.508 e. The molecule has 1 aromatic heterocycles. The van der Waals surface area contributed by atoms with Crippen molar-refractivity contribution in [2.75, 3.05) is 0 Å². The zero-order chi connectivity index (χ0) is 15.5. The molecular formula is C16H14N4OS. The van der Waals surface area contributed by atoms with Crippen molar-refractivity contribution in [3.05, 3.63) is 64.4 Å². The molecule has 22 heavy (non-hydrogen) atoms. The Morgan fingerprint density at radius 2 is 2.05 bits per heavy atom. The number of benzene rings is 2. The molecule has 5 nitrogen and oxygen atoms in total. The Kier molecular flexibility index (Phi) is 3.84. The molecule has 0 amide bonds. The highest BCUT2D eigenvalue weighted by molar-refractivity contribution is 7.71. The summed E-state index contributed by atoms with van der Waals surface area (Å²) in [4.78, 5) is 0. The quantitative estimate of drug-likeness (QED) is 0.575. The number of hydrogen-bond acceptors (Lipinski definition) is 4. The van der Waals surface area contributed by atoms with Gasteiger partial charge in [0.15, 0.2) is 5.82 Å². The number of H-pyrrole nitrogens is 1. The van der Waals surface area contributed by atoms with E-state index in [1.54, 1.807) is 29.1 Å². The summed E-state index contributed by atoms with van der Waals surface area (Å²) in [5.41, 5.74) is 2.84. The second-order valence-electron chi connectivity index (χ2n) is 4.87. The molecule has 0 aliphatic heterocycles. The van der Waals surface area contributed by atoms with Crippen LogP contribution in [0.3, 0.4) is 0 Å². The number of phenols is 1. The van der Waals surface area contributed by atoms with Gasteiger partial charge in [-0.15, -0.1) is 0 Å². The molecule has 0 saturated heterocycles. The molecule has 0 saturated carbocycles. The molecule has 0 radical (unpaired) electrons. The van der Waals surface area contributed by atoms with Gasteiger partial charge in [-0.05, 0) is 42.9 Å². The molecule has 0 bridgehead atoms. The van der Waals surface area contributed by atoms with Crippen LogP contribution in [-0.2, 0) is 0 Å². The molecule has 0 aliphatic carbocycles. The Bertz CT molecular complexity index is 895. The van der Waals surface area contributed by atoms with Gasteiger partial charge in [-0.25, -0.2) is 5.10 Å². The summed E-state index contributed by atoms with van der Waals surface area (Å²) in [5.74, 6) is 0.837. The van der Waals surface area contributed by atoms with E-state index in [4.69, 9.17) is 12.2 Å². The normalized spacial score (nSPS) is 11.1. The first-order chi connectivity index (χ1) is 10.6. The molecule has 0 fully saturated rings. The summed E-state index contributed by atoms with van der Waals surface area (Å²) in [5, 5.41) is 20.8. The van der Waals surface area contributed by atoms with E-state index in [9.17, 15) is 5.11 Å². The SMILES string of the molecule is Cc1cccc(-c2n[nH]c(=S)n2N=Cc2cccc(O)c2)c1. The van der Waals surface area contributed by atoms with E-state index in [1.165, 1.54) is 0 Å². The van der Waals surface area contributed by atoms with E-state index in [0.29, 0.717) is 10.6 Å². The summed E-state index contributed by atoms with van der Waals surface area (Å²) in [6.07, 6.45) is 1.63. The first-order valence-electron chi connectivity index (χ1n) is 6.71. The number of hydrogen-bond donors (Lipinski definition) is 2. The third-order valence-electron chi connectivity index (χ3n) is 3.12. The third kappa shape index (κ3) is 2.96. The van der Waals surface area contributed by atoms with Crippen molar-refractivity contribution in [1.29, 1.82) is 0 Å². The molecule has 0 unspecified atom stereocenters. The molecule has 1 heterocycles. The summed E-state index contributed by atoms with van der Waals surface area (Å²) < 4.78 is 1.97. The average molecular weight is 310 g/mol. The van der Waals surface area contributed by atoms with Crippen LogP contribution in [0.5, 0.6) is 5.75 Å². The number of aromatic amines is 1. The van der Waals surface area contributed by atoms with Crippen LogP contribution < -0.4 is 0 Å². The van der Waals surface area contributed by atoms with Crippen LogP contribution >= 0.6 is 12.2 Å². The Labute approximate surface area is 132 Å². The van der Waals surface area contributed by atoms with Gasteiger partial charge < -0.3 is 5.11 Å². The van der Waals surface area contributed by atoms with Crippen molar-refractivity contribution in [3.63, 3.8) is 0 Å². The second-order valence-corrected chi connectivity index (χ2v) is 5.26. The summed E-state index contributed by atoms with van der Waals surface area (Å²) in [6, 6.07) is 14.8. The Morgan fingerprint density at radius 1 is 1.23 bits per heavy atom. The Hall–Kier alpha value is -2.73. The summed E-state index contributed by atoms with van der Waals surface area (Å²) in [7, 11) is 0. The predicted molar refractivity (Wildman–Crippen MR) is 88.7 cm³/mol. The smallest absolute Gasteiger partial charge is 0.216 e. The van der Waals surface area contributed by atoms with Gasteiger partial charge in [-0.3, -0.25) is 0 Å². The minimum absolute atomic E-state index is 0.193. The van der Waals surface area contributed by atoms with Crippen LogP contribution in [0.2, 0.25) is 0 Å². The summed E-state index contributed by atoms with van der Waals surface area (Å²) >= 11 is 5.23. The van der Waals surface area contributed by atoms with Gasteiger partial charge in [0, 0.05) is 5.56 Å². The second kappa shape index (κ2) is 5.95. The van der Waals surface area contributed by atoms with E-state index >= 15 is 0 Å². The van der Waals surface area contributed by atoms with Gasteiger partial charge >= 0.3 is 0 Å². The Balaban J connectivity index is 2.01. The van der Waals surface area contributed by atoms with Crippen molar-refractivity contribution in [2.45, 2.75) is 6.92 Å². The predicted octanol–water partition coefficient (Wildman–Crippen LogP) is 3.50. The fourth-order valence-corrected chi connectivity index (χ4v) is 2.28. The maximum absolute atomic E-state index is 9.48. The highest BCUT2D eigenvalue weighted by atomic mass is 32.1. The number of aromatic hydroxyl groups is 1. The number of aromatic nitrogens is 3. The standard InChI is InChI=1S/C16H14N4OS/c1-11-4-2-6-13(8-11)15-18-19-16(22)20(15)17-10-12-5-3-7-14(21)9-12/h2-10,21H,1H3,(H,19,22). The number of nitrogens with one attached hydrogen (secondary N) is 1. The lowest BCUT2D eigenvalue weighted by atomic mass is 10.1. The van der Waals surface area contributed by atoms with Gasteiger partial charge in [0.25, 0.3) is 0 Å². The van der Waals surface area contributed by atoms with Crippen LogP contribution in [0.1, 0.15) is 11.1 Å². The molecule has 110 valence electrons. The minimum atomic E-state index is 0.193. The van der Waals surface area contributed by atoms with Gasteiger partial charge in [-0.2, -0.15) is 14.9 Å². The molecule has 0 aliphatic rings. The lowest BCUT2D eigenvalue weighted by molar-refractivity contribution is 0.475. The van der Waals surface area contributed by atoms with Crippen LogP contribution in [0.4, 0.5) is 0 Å². The summed E-state index contributed by atoms with van der Waals surface area (Å²) in [6.45, 7) is 2.02. The molecule has 3 aromatic rings. The van der Waals surface area contributed by atoms with E-state index in [0.717, 1.165) is 16.7 Å². The molecule has 3 rings (SSSR count). The van der Waals surface area contributed by atoms with Gasteiger partial charge in [-0.1, -0.05) is 35.9 Å². The monoisotopic (exact) mass is 310 g/mol. The average Bonchev–Trinajstić information content (AvgIpc) is 2.86. The number of phenolic OH excluding ortho intramolecular Hbond substituents is 1. The van der Waals surface area contributed by atoms with E-state index in [1.807, 2.05) is 37.3 Å². The third-order valence-corrected chi connectivity index (χ3v) is 3.38. The van der Waals surface area contributed by atoms with Crippen LogP contribution in [0.15, 0.2) is 53.6 Å². The highest BCUT2D eigenvalue weighted by Crippen LogP contribution is 2.18. The Morgan fingerprint density at radius 3 is 2.82 bits per heavy atom. The molecule has 0 atom stereocenters. The van der Waals surface area contributed by atoms with Crippen molar-refractivity contribution >= 4 is 18.4 Å². The van der Waals surface area contributed by atoms with Crippen molar-refractivity contribution < 1.29 is 5.11 Å². The van der Waals surface area contributed by atoms with E-state index in [-0.39, 0.29) is 5.75 Å². The zero-order valence-electron chi connectivity index (χ0n) is 11.9. The maximum Gasteiger partial charge on any atom is 0.216 e. The van der Waals surface area contributed by atoms with Crippen LogP contribution in [-0.4, -0.2) is 26.2 Å². The van der Waals surface area contributed by atoms with Gasteiger partial charge in [0.2, 0.25) is 4.77 Å². The van der Waals surface area contributed by atoms with Crippen molar-refractivity contribution in [1.82, 2.24) is 14.9 Å². The lowest BCUT2D eigenvalue weighted by Gasteiger charge is -2.02. The maximum atomic E-state index is 9.48. The molecule has 2 N–H and O–H groups in total. The first-order valence-corrected chi connectivity index (χ1v) is 7.12. The largest absolute Gasteiger partial charge is 0.508 e. The van der Waals surface area contributed by atoms with Crippen molar-refractivity contribution in [2.24, 2.45) is 5.10 Å². The topological polar surface area (TPSA) is 66.2 Å². The zero-order valence-corrected chi connectivity index (χ0v) is 12.7. The lowest BCUT2D eigenvalue weighted by Crippen LogP contribution is -1.95. The van der Waals surface area contributed by atoms with Crippen LogP contribution in [0, 0.1) is 11.7 Å². The first kappa shape index (κ1) is 14.2. The molecule has 2 aromatic carbocycles. The number of rotatable bonds is 3. The number of nitrogens with zero attached hydrogens (tertiary/aromatic N) is 3. The number of aryl methyl sites for hydroxylation is 1. The van der Waals surface area contributed by atoms with E-state index < -0.39 is 0 Å². The fraction of sp³-hybridized carbons (Fsp3) is 0.0625. The highest BCUT2D eigenvalue weighted by Gasteiger charge is 2.07. The van der Waals surface area contributed by atoms with Gasteiger partial charge in [0.05, 0.1) is 6.21 Å². The molecule has 0 spiro atoms. The van der Waals surface area contributed by atoms with E-state index in [2.05, 4.69) is 15.3 Å². The fourth-order valence-electron chi connectivity index (χ4n) is 2.10.